The van der Waals surface area contributed by atoms with E-state index in [1.165, 1.54) is 0 Å². The van der Waals surface area contributed by atoms with Gasteiger partial charge in [0, 0.05) is 0 Å². The van der Waals surface area contributed by atoms with Gasteiger partial charge in [-0.2, -0.15) is 0 Å². The Labute approximate surface area is 104 Å². The van der Waals surface area contributed by atoms with Gasteiger partial charge in [-0.25, -0.2) is 4.79 Å². The first-order valence-electron chi connectivity index (χ1n) is 5.19. The van der Waals surface area contributed by atoms with Gasteiger partial charge in [0.15, 0.2) is 0 Å². The molecule has 0 aromatic heterocycles. The largest absolute Gasteiger partial charge is 0.478 e. The van der Waals surface area contributed by atoms with Crippen LogP contribution >= 0.6 is 11.6 Å². The quantitative estimate of drug-likeness (QED) is 0.869. The lowest BCUT2D eigenvalue weighted by atomic mass is 9.96. The van der Waals surface area contributed by atoms with Crippen LogP contribution in [-0.2, 0) is 0 Å². The maximum absolute atomic E-state index is 11.1. The van der Waals surface area contributed by atoms with Gasteiger partial charge in [-0.1, -0.05) is 48.0 Å². The standard InChI is InChI=1S/C14H11ClO2/c1-9-11(10-5-3-2-4-6-10)7-8-12(15)13(9)14(16)17/h2-8H,1H3,(H,16,17). The molecule has 0 aliphatic rings. The molecule has 1 N–H and O–H groups in total. The molecule has 2 rings (SSSR count). The zero-order chi connectivity index (χ0) is 12.4. The number of hydrogen-bond acceptors (Lipinski definition) is 1. The van der Waals surface area contributed by atoms with E-state index in [1.807, 2.05) is 36.4 Å². The number of carboxylic acids is 1. The molecule has 0 aliphatic carbocycles. The molecule has 17 heavy (non-hydrogen) atoms. The van der Waals surface area contributed by atoms with Crippen LogP contribution in [0, 0.1) is 6.92 Å². The molecule has 0 atom stereocenters. The van der Waals surface area contributed by atoms with Crippen LogP contribution in [0.1, 0.15) is 15.9 Å². The molecule has 0 heterocycles. The molecule has 3 heteroatoms. The van der Waals surface area contributed by atoms with Gasteiger partial charge >= 0.3 is 5.97 Å². The van der Waals surface area contributed by atoms with Crippen molar-refractivity contribution in [3.05, 3.63) is 58.6 Å². The Morgan fingerprint density at radius 2 is 1.76 bits per heavy atom. The number of halogens is 1. The lowest BCUT2D eigenvalue weighted by molar-refractivity contribution is 0.0696. The summed E-state index contributed by atoms with van der Waals surface area (Å²) in [5.74, 6) is -0.995. The third-order valence-electron chi connectivity index (χ3n) is 2.71. The van der Waals surface area contributed by atoms with E-state index in [4.69, 9.17) is 16.7 Å². The van der Waals surface area contributed by atoms with Crippen molar-refractivity contribution < 1.29 is 9.90 Å². The molecule has 0 radical (unpaired) electrons. The third-order valence-corrected chi connectivity index (χ3v) is 3.03. The van der Waals surface area contributed by atoms with Crippen molar-refractivity contribution in [3.8, 4) is 11.1 Å². The van der Waals surface area contributed by atoms with Crippen molar-refractivity contribution in [2.75, 3.05) is 0 Å². The minimum absolute atomic E-state index is 0.174. The molecular weight excluding hydrogens is 236 g/mol. The summed E-state index contributed by atoms with van der Waals surface area (Å²) in [6.07, 6.45) is 0. The lowest BCUT2D eigenvalue weighted by Crippen LogP contribution is -2.02. The maximum atomic E-state index is 11.1. The van der Waals surface area contributed by atoms with Gasteiger partial charge in [0.05, 0.1) is 10.6 Å². The minimum atomic E-state index is -0.995. The van der Waals surface area contributed by atoms with Crippen molar-refractivity contribution in [3.63, 3.8) is 0 Å². The van der Waals surface area contributed by atoms with Gasteiger partial charge in [0.1, 0.15) is 0 Å². The molecule has 0 fully saturated rings. The van der Waals surface area contributed by atoms with Crippen LogP contribution in [0.3, 0.4) is 0 Å². The first-order chi connectivity index (χ1) is 8.11. The van der Waals surface area contributed by atoms with Crippen LogP contribution in [0.25, 0.3) is 11.1 Å². The lowest BCUT2D eigenvalue weighted by Gasteiger charge is -2.10. The van der Waals surface area contributed by atoms with E-state index in [0.29, 0.717) is 5.56 Å². The number of carbonyl (C=O) groups is 1. The average molecular weight is 247 g/mol. The molecule has 0 bridgehead atoms. The number of aromatic carboxylic acids is 1. The van der Waals surface area contributed by atoms with Gasteiger partial charge in [0.2, 0.25) is 0 Å². The number of rotatable bonds is 2. The first kappa shape index (κ1) is 11.7. The second-order valence-electron chi connectivity index (χ2n) is 3.77. The van der Waals surface area contributed by atoms with Gasteiger partial charge in [-0.3, -0.25) is 0 Å². The summed E-state index contributed by atoms with van der Waals surface area (Å²) >= 11 is 5.90. The van der Waals surface area contributed by atoms with Crippen LogP contribution in [0.15, 0.2) is 42.5 Å². The molecule has 0 saturated carbocycles. The Morgan fingerprint density at radius 1 is 1.12 bits per heavy atom. The summed E-state index contributed by atoms with van der Waals surface area (Å²) in [6.45, 7) is 1.78. The highest BCUT2D eigenvalue weighted by atomic mass is 35.5. The molecule has 2 nitrogen and oxygen atoms in total. The average Bonchev–Trinajstić information content (AvgIpc) is 2.30. The van der Waals surface area contributed by atoms with Crippen molar-refractivity contribution in [1.29, 1.82) is 0 Å². The van der Waals surface area contributed by atoms with E-state index in [1.54, 1.807) is 13.0 Å². The topological polar surface area (TPSA) is 37.3 Å². The zero-order valence-corrected chi connectivity index (χ0v) is 10.0. The zero-order valence-electron chi connectivity index (χ0n) is 9.27. The molecule has 0 aliphatic heterocycles. The summed E-state index contributed by atoms with van der Waals surface area (Å²) in [6, 6.07) is 13.1. The highest BCUT2D eigenvalue weighted by Gasteiger charge is 2.15. The normalized spacial score (nSPS) is 10.2. The number of benzene rings is 2. The predicted octanol–water partition coefficient (Wildman–Crippen LogP) is 4.01. The summed E-state index contributed by atoms with van der Waals surface area (Å²) in [7, 11) is 0. The van der Waals surface area contributed by atoms with Crippen LogP contribution in [0.5, 0.6) is 0 Å². The molecular formula is C14H11ClO2. The van der Waals surface area contributed by atoms with E-state index >= 15 is 0 Å². The molecule has 2 aromatic carbocycles. The van der Waals surface area contributed by atoms with E-state index in [2.05, 4.69) is 0 Å². The summed E-state index contributed by atoms with van der Waals surface area (Å²) in [4.78, 5) is 11.1. The molecule has 2 aromatic rings. The second kappa shape index (κ2) is 4.60. The Morgan fingerprint density at radius 3 is 2.35 bits per heavy atom. The third kappa shape index (κ3) is 2.17. The SMILES string of the molecule is Cc1c(-c2ccccc2)ccc(Cl)c1C(=O)O. The molecule has 0 saturated heterocycles. The van der Waals surface area contributed by atoms with Crippen molar-refractivity contribution >= 4 is 17.6 Å². The summed E-state index contributed by atoms with van der Waals surface area (Å²) in [5, 5.41) is 9.41. The van der Waals surface area contributed by atoms with Crippen LogP contribution in [-0.4, -0.2) is 11.1 Å². The van der Waals surface area contributed by atoms with E-state index in [9.17, 15) is 4.79 Å². The second-order valence-corrected chi connectivity index (χ2v) is 4.17. The first-order valence-corrected chi connectivity index (χ1v) is 5.57. The van der Waals surface area contributed by atoms with Gasteiger partial charge in [-0.05, 0) is 29.7 Å². The maximum Gasteiger partial charge on any atom is 0.337 e. The number of carboxylic acid groups (broad SMARTS) is 1. The monoisotopic (exact) mass is 246 g/mol. The van der Waals surface area contributed by atoms with Gasteiger partial charge < -0.3 is 5.11 Å². The Balaban J connectivity index is 2.66. The molecule has 0 spiro atoms. The summed E-state index contributed by atoms with van der Waals surface area (Å²) in [5.41, 5.74) is 2.75. The Kier molecular flexibility index (Phi) is 3.16. The van der Waals surface area contributed by atoms with Crippen LogP contribution in [0.2, 0.25) is 5.02 Å². The van der Waals surface area contributed by atoms with Crippen molar-refractivity contribution in [2.24, 2.45) is 0 Å². The Hall–Kier alpha value is -1.80. The fourth-order valence-electron chi connectivity index (χ4n) is 1.87. The van der Waals surface area contributed by atoms with Crippen molar-refractivity contribution in [1.82, 2.24) is 0 Å². The predicted molar refractivity (Wildman–Crippen MR) is 68.6 cm³/mol. The van der Waals surface area contributed by atoms with E-state index in [0.717, 1.165) is 11.1 Å². The smallest absolute Gasteiger partial charge is 0.337 e. The fourth-order valence-corrected chi connectivity index (χ4v) is 2.16. The van der Waals surface area contributed by atoms with Crippen molar-refractivity contribution in [2.45, 2.75) is 6.92 Å². The van der Waals surface area contributed by atoms with Gasteiger partial charge in [-0.15, -0.1) is 0 Å². The highest BCUT2D eigenvalue weighted by Crippen LogP contribution is 2.30. The molecule has 0 amide bonds. The fraction of sp³-hybridized carbons (Fsp3) is 0.0714. The van der Waals surface area contributed by atoms with Gasteiger partial charge in [0.25, 0.3) is 0 Å². The Bertz CT molecular complexity index is 562. The molecule has 86 valence electrons. The van der Waals surface area contributed by atoms with E-state index in [-0.39, 0.29) is 10.6 Å². The molecule has 0 unspecified atom stereocenters. The minimum Gasteiger partial charge on any atom is -0.478 e. The van der Waals surface area contributed by atoms with Crippen LogP contribution in [0.4, 0.5) is 0 Å². The highest BCUT2D eigenvalue weighted by molar-refractivity contribution is 6.33. The number of hydrogen-bond donors (Lipinski definition) is 1. The summed E-state index contributed by atoms with van der Waals surface area (Å²) < 4.78 is 0. The van der Waals surface area contributed by atoms with Crippen LogP contribution < -0.4 is 0 Å². The van der Waals surface area contributed by atoms with E-state index < -0.39 is 5.97 Å².